The molecular formula is C11H13ClN2O2S2. The molecule has 1 aromatic carbocycles. The molecule has 4 nitrogen and oxygen atoms in total. The number of rotatable bonds is 4. The summed E-state index contributed by atoms with van der Waals surface area (Å²) in [5.74, 6) is 3.43. The van der Waals surface area contributed by atoms with Crippen molar-refractivity contribution in [2.75, 3.05) is 29.1 Å². The van der Waals surface area contributed by atoms with Crippen molar-refractivity contribution in [1.82, 2.24) is 0 Å². The number of hydrogen-bond donors (Lipinski definition) is 1. The molecule has 1 aromatic rings. The minimum Gasteiger partial charge on any atom is -0.378 e. The second-order valence-corrected chi connectivity index (χ2v) is 6.81. The fraction of sp³-hybridized carbons (Fsp3) is 0.455. The van der Waals surface area contributed by atoms with Crippen molar-refractivity contribution in [2.24, 2.45) is 0 Å². The molecule has 98 valence electrons. The third kappa shape index (κ3) is 3.46. The summed E-state index contributed by atoms with van der Waals surface area (Å²) >= 11 is 9.70. The van der Waals surface area contributed by atoms with Crippen LogP contribution >= 0.6 is 35.1 Å². The van der Waals surface area contributed by atoms with Gasteiger partial charge in [0.25, 0.3) is 0 Å². The quantitative estimate of drug-likeness (QED) is 0.681. The van der Waals surface area contributed by atoms with Crippen molar-refractivity contribution >= 4 is 46.5 Å². The molecule has 1 saturated heterocycles. The molecule has 1 N–H and O–H groups in total. The number of nitrogens with one attached hydrogen (secondary N) is 1. The Hall–Kier alpha value is -0.590. The van der Waals surface area contributed by atoms with Gasteiger partial charge in [-0.05, 0) is 12.1 Å². The number of nitro benzene ring substituents is 1. The van der Waals surface area contributed by atoms with Crippen LogP contribution in [0.3, 0.4) is 0 Å². The highest BCUT2D eigenvalue weighted by atomic mass is 35.5. The Morgan fingerprint density at radius 1 is 1.50 bits per heavy atom. The van der Waals surface area contributed by atoms with E-state index in [2.05, 4.69) is 5.32 Å². The minimum atomic E-state index is -0.437. The Morgan fingerprint density at radius 2 is 2.33 bits per heavy atom. The smallest absolute Gasteiger partial charge is 0.310 e. The second-order valence-electron chi connectivity index (χ2n) is 3.84. The van der Waals surface area contributed by atoms with Gasteiger partial charge in [0.15, 0.2) is 0 Å². The maximum atomic E-state index is 11.0. The van der Waals surface area contributed by atoms with Gasteiger partial charge in [0.1, 0.15) is 10.7 Å². The fourth-order valence-electron chi connectivity index (χ4n) is 1.72. The SMILES string of the molecule is O=[N+]([O-])c1c(Cl)cccc1NCC1CSCCS1. The predicted molar refractivity (Wildman–Crippen MR) is 80.2 cm³/mol. The lowest BCUT2D eigenvalue weighted by atomic mass is 10.2. The molecule has 1 atom stereocenters. The van der Waals surface area contributed by atoms with Crippen molar-refractivity contribution in [3.05, 3.63) is 33.3 Å². The van der Waals surface area contributed by atoms with E-state index in [1.54, 1.807) is 12.1 Å². The van der Waals surface area contributed by atoms with Gasteiger partial charge < -0.3 is 5.32 Å². The van der Waals surface area contributed by atoms with E-state index in [1.165, 1.54) is 11.8 Å². The molecular weight excluding hydrogens is 292 g/mol. The molecule has 0 radical (unpaired) electrons. The van der Waals surface area contributed by atoms with Gasteiger partial charge in [-0.25, -0.2) is 0 Å². The number of para-hydroxylation sites is 1. The van der Waals surface area contributed by atoms with E-state index in [1.807, 2.05) is 23.5 Å². The van der Waals surface area contributed by atoms with Crippen LogP contribution in [0.5, 0.6) is 0 Å². The molecule has 0 bridgehead atoms. The minimum absolute atomic E-state index is 0.0346. The van der Waals surface area contributed by atoms with Crippen LogP contribution in [0.25, 0.3) is 0 Å². The van der Waals surface area contributed by atoms with E-state index < -0.39 is 4.92 Å². The molecule has 1 heterocycles. The van der Waals surface area contributed by atoms with Crippen LogP contribution in [0.2, 0.25) is 5.02 Å². The zero-order valence-electron chi connectivity index (χ0n) is 9.60. The van der Waals surface area contributed by atoms with Gasteiger partial charge in [-0.3, -0.25) is 10.1 Å². The van der Waals surface area contributed by atoms with Crippen LogP contribution in [-0.4, -0.2) is 34.0 Å². The summed E-state index contributed by atoms with van der Waals surface area (Å²) in [4.78, 5) is 10.5. The highest BCUT2D eigenvalue weighted by Crippen LogP contribution is 2.33. The Kier molecular flexibility index (Phi) is 5.03. The van der Waals surface area contributed by atoms with Gasteiger partial charge in [0.2, 0.25) is 0 Å². The summed E-state index contributed by atoms with van der Waals surface area (Å²) in [5, 5.41) is 14.8. The van der Waals surface area contributed by atoms with Crippen molar-refractivity contribution in [1.29, 1.82) is 0 Å². The number of hydrogen-bond acceptors (Lipinski definition) is 5. The summed E-state index contributed by atoms with van der Waals surface area (Å²) in [6, 6.07) is 4.96. The number of nitro groups is 1. The predicted octanol–water partition coefficient (Wildman–Crippen LogP) is 3.51. The standard InChI is InChI=1S/C11H13ClN2O2S2/c12-9-2-1-3-10(11(9)14(15)16)13-6-8-7-17-4-5-18-8/h1-3,8,13H,4-7H2. The maximum Gasteiger partial charge on any atom is 0.310 e. The van der Waals surface area contributed by atoms with Crippen LogP contribution in [0.4, 0.5) is 11.4 Å². The van der Waals surface area contributed by atoms with Gasteiger partial charge in [-0.15, -0.1) is 0 Å². The van der Waals surface area contributed by atoms with Crippen molar-refractivity contribution in [3.8, 4) is 0 Å². The zero-order chi connectivity index (χ0) is 13.0. The van der Waals surface area contributed by atoms with Crippen molar-refractivity contribution < 1.29 is 4.92 Å². The van der Waals surface area contributed by atoms with E-state index in [0.29, 0.717) is 10.9 Å². The van der Waals surface area contributed by atoms with E-state index >= 15 is 0 Å². The topological polar surface area (TPSA) is 55.2 Å². The lowest BCUT2D eigenvalue weighted by Gasteiger charge is -2.21. The summed E-state index contributed by atoms with van der Waals surface area (Å²) in [6.45, 7) is 0.735. The molecule has 0 aliphatic carbocycles. The van der Waals surface area contributed by atoms with Crippen LogP contribution in [0.1, 0.15) is 0 Å². The van der Waals surface area contributed by atoms with Gasteiger partial charge in [-0.2, -0.15) is 23.5 Å². The molecule has 0 aromatic heterocycles. The first-order valence-electron chi connectivity index (χ1n) is 5.54. The second kappa shape index (κ2) is 6.54. The maximum absolute atomic E-state index is 11.0. The largest absolute Gasteiger partial charge is 0.378 e. The third-order valence-corrected chi connectivity index (χ3v) is 5.72. The number of benzene rings is 1. The molecule has 0 saturated carbocycles. The Bertz CT molecular complexity index is 439. The molecule has 1 aliphatic rings. The lowest BCUT2D eigenvalue weighted by Crippen LogP contribution is -2.23. The highest BCUT2D eigenvalue weighted by molar-refractivity contribution is 8.06. The van der Waals surface area contributed by atoms with Crippen LogP contribution < -0.4 is 5.32 Å². The summed E-state index contributed by atoms with van der Waals surface area (Å²) in [5.41, 5.74) is 0.469. The normalized spacial score (nSPS) is 19.5. The van der Waals surface area contributed by atoms with Gasteiger partial charge >= 0.3 is 5.69 Å². The Labute approximate surface area is 119 Å². The Morgan fingerprint density at radius 3 is 3.00 bits per heavy atom. The van der Waals surface area contributed by atoms with E-state index in [9.17, 15) is 10.1 Å². The van der Waals surface area contributed by atoms with Gasteiger partial charge in [0.05, 0.1) is 4.92 Å². The molecule has 2 rings (SSSR count). The Balaban J connectivity index is 2.04. The van der Waals surface area contributed by atoms with Crippen LogP contribution in [-0.2, 0) is 0 Å². The molecule has 0 spiro atoms. The average molecular weight is 305 g/mol. The first-order chi connectivity index (χ1) is 8.68. The first kappa shape index (κ1) is 13.8. The summed E-state index contributed by atoms with van der Waals surface area (Å²) in [7, 11) is 0. The van der Waals surface area contributed by atoms with Crippen molar-refractivity contribution in [2.45, 2.75) is 5.25 Å². The average Bonchev–Trinajstić information content (AvgIpc) is 2.37. The van der Waals surface area contributed by atoms with Crippen molar-refractivity contribution in [3.63, 3.8) is 0 Å². The number of halogens is 1. The zero-order valence-corrected chi connectivity index (χ0v) is 12.0. The molecule has 1 fully saturated rings. The lowest BCUT2D eigenvalue weighted by molar-refractivity contribution is -0.383. The van der Waals surface area contributed by atoms with Crippen LogP contribution in [0, 0.1) is 10.1 Å². The molecule has 18 heavy (non-hydrogen) atoms. The van der Waals surface area contributed by atoms with Gasteiger partial charge in [-0.1, -0.05) is 17.7 Å². The molecule has 1 unspecified atom stereocenters. The van der Waals surface area contributed by atoms with E-state index in [0.717, 1.165) is 18.1 Å². The number of nitrogens with zero attached hydrogens (tertiary/aromatic N) is 1. The van der Waals surface area contributed by atoms with E-state index in [-0.39, 0.29) is 10.7 Å². The molecule has 7 heteroatoms. The fourth-order valence-corrected chi connectivity index (χ4v) is 4.58. The number of thioether (sulfide) groups is 2. The third-order valence-electron chi connectivity index (χ3n) is 2.57. The van der Waals surface area contributed by atoms with E-state index in [4.69, 9.17) is 11.6 Å². The summed E-state index contributed by atoms with van der Waals surface area (Å²) < 4.78 is 0. The monoisotopic (exact) mass is 304 g/mol. The van der Waals surface area contributed by atoms with Gasteiger partial charge in [0, 0.05) is 29.1 Å². The molecule has 0 amide bonds. The highest BCUT2D eigenvalue weighted by Gasteiger charge is 2.20. The first-order valence-corrected chi connectivity index (χ1v) is 8.12. The molecule has 1 aliphatic heterocycles. The number of anilines is 1. The summed E-state index contributed by atoms with van der Waals surface area (Å²) in [6.07, 6.45) is 0. The van der Waals surface area contributed by atoms with Crippen LogP contribution in [0.15, 0.2) is 18.2 Å².